The molecule has 5 rings (SSSR count). The van der Waals surface area contributed by atoms with Gasteiger partial charge in [-0.15, -0.1) is 13.2 Å². The van der Waals surface area contributed by atoms with Crippen LogP contribution >= 0.6 is 15.9 Å². The number of benzene rings is 3. The highest BCUT2D eigenvalue weighted by atomic mass is 79.9. The number of hydrogen-bond acceptors (Lipinski definition) is 3. The Morgan fingerprint density at radius 3 is 2.45 bits per heavy atom. The summed E-state index contributed by atoms with van der Waals surface area (Å²) in [5, 5.41) is 0. The van der Waals surface area contributed by atoms with Crippen molar-refractivity contribution in [2.24, 2.45) is 5.92 Å². The quantitative estimate of drug-likeness (QED) is 0.404. The van der Waals surface area contributed by atoms with Crippen LogP contribution in [0, 0.1) is 5.92 Å². The van der Waals surface area contributed by atoms with E-state index in [1.807, 2.05) is 24.3 Å². The maximum Gasteiger partial charge on any atom is 0.573 e. The van der Waals surface area contributed by atoms with Crippen molar-refractivity contribution in [3.8, 4) is 17.2 Å². The van der Waals surface area contributed by atoms with Gasteiger partial charge in [0.2, 0.25) is 0 Å². The molecule has 3 aromatic rings. The Balaban J connectivity index is 1.60. The lowest BCUT2D eigenvalue weighted by Crippen LogP contribution is -2.28. The number of hydrogen-bond donors (Lipinski definition) is 0. The molecule has 160 valence electrons. The Hall–Kier alpha value is -2.67. The van der Waals surface area contributed by atoms with Gasteiger partial charge in [-0.25, -0.2) is 0 Å². The molecule has 1 aliphatic heterocycles. The summed E-state index contributed by atoms with van der Waals surface area (Å²) in [6.07, 6.45) is -4.02. The highest BCUT2D eigenvalue weighted by molar-refractivity contribution is 9.10. The molecule has 0 saturated carbocycles. The Kier molecular flexibility index (Phi) is 4.88. The third-order valence-corrected chi connectivity index (χ3v) is 6.60. The minimum absolute atomic E-state index is 0.0525. The molecular formula is C24H18BrF3O3. The number of ether oxygens (including phenoxy) is 3. The van der Waals surface area contributed by atoms with Gasteiger partial charge in [-0.05, 0) is 57.2 Å². The Morgan fingerprint density at radius 1 is 1.00 bits per heavy atom. The lowest BCUT2D eigenvalue weighted by Gasteiger charge is -2.37. The van der Waals surface area contributed by atoms with Crippen molar-refractivity contribution >= 4 is 15.9 Å². The predicted octanol–water partition coefficient (Wildman–Crippen LogP) is 6.79. The zero-order valence-electron chi connectivity index (χ0n) is 16.4. The number of alkyl halides is 3. The molecule has 0 bridgehead atoms. The van der Waals surface area contributed by atoms with Gasteiger partial charge in [-0.3, -0.25) is 0 Å². The molecule has 0 saturated heterocycles. The van der Waals surface area contributed by atoms with Crippen LogP contribution in [-0.4, -0.2) is 13.5 Å². The highest BCUT2D eigenvalue weighted by Gasteiger charge is 2.45. The van der Waals surface area contributed by atoms with Crippen LogP contribution in [0.5, 0.6) is 17.2 Å². The van der Waals surface area contributed by atoms with E-state index in [2.05, 4.69) is 32.8 Å². The van der Waals surface area contributed by atoms with E-state index in [1.165, 1.54) is 17.7 Å². The Bertz CT molecular complexity index is 1130. The first kappa shape index (κ1) is 20.2. The van der Waals surface area contributed by atoms with Crippen LogP contribution in [0.4, 0.5) is 13.2 Å². The van der Waals surface area contributed by atoms with Gasteiger partial charge < -0.3 is 14.2 Å². The molecule has 3 nitrogen and oxygen atoms in total. The lowest BCUT2D eigenvalue weighted by atomic mass is 9.76. The van der Waals surface area contributed by atoms with Crippen molar-refractivity contribution in [3.05, 3.63) is 87.4 Å². The van der Waals surface area contributed by atoms with Gasteiger partial charge in [0.05, 0.1) is 11.6 Å². The average molecular weight is 491 g/mol. The van der Waals surface area contributed by atoms with Gasteiger partial charge in [0.1, 0.15) is 23.4 Å². The summed E-state index contributed by atoms with van der Waals surface area (Å²) >= 11 is 3.56. The SMILES string of the molecule is COc1cc2c(cc1Br)[C@H](c1ccc(OC(F)(F)F)cc1)[C@@H]1Cc3ccccc3[C@@H]1O2. The van der Waals surface area contributed by atoms with E-state index in [0.717, 1.165) is 33.3 Å². The van der Waals surface area contributed by atoms with Gasteiger partial charge in [0.25, 0.3) is 0 Å². The zero-order valence-corrected chi connectivity index (χ0v) is 18.0. The molecule has 0 aromatic heterocycles. The van der Waals surface area contributed by atoms with Crippen LogP contribution < -0.4 is 14.2 Å². The second-order valence-electron chi connectivity index (χ2n) is 7.72. The average Bonchev–Trinajstić information content (AvgIpc) is 3.09. The van der Waals surface area contributed by atoms with Crippen molar-refractivity contribution in [1.82, 2.24) is 0 Å². The summed E-state index contributed by atoms with van der Waals surface area (Å²) < 4.78 is 54.5. The maximum atomic E-state index is 12.6. The number of fused-ring (bicyclic) bond motifs is 4. The molecule has 2 aliphatic rings. The van der Waals surface area contributed by atoms with Crippen LogP contribution in [0.25, 0.3) is 0 Å². The fraction of sp³-hybridized carbons (Fsp3) is 0.250. The summed E-state index contributed by atoms with van der Waals surface area (Å²) in [5.41, 5.74) is 4.28. The summed E-state index contributed by atoms with van der Waals surface area (Å²) in [6, 6.07) is 18.2. The first-order chi connectivity index (χ1) is 14.8. The molecule has 1 heterocycles. The lowest BCUT2D eigenvalue weighted by molar-refractivity contribution is -0.274. The Labute approximate surface area is 185 Å². The van der Waals surface area contributed by atoms with Crippen molar-refractivity contribution < 1.29 is 27.4 Å². The van der Waals surface area contributed by atoms with Gasteiger partial charge in [-0.2, -0.15) is 0 Å². The molecule has 7 heteroatoms. The monoisotopic (exact) mass is 490 g/mol. The van der Waals surface area contributed by atoms with E-state index in [4.69, 9.17) is 9.47 Å². The molecule has 0 radical (unpaired) electrons. The molecular weight excluding hydrogens is 473 g/mol. The molecule has 0 unspecified atom stereocenters. The van der Waals surface area contributed by atoms with Crippen molar-refractivity contribution in [3.63, 3.8) is 0 Å². The normalized spacial score (nSPS) is 21.5. The molecule has 0 amide bonds. The Morgan fingerprint density at radius 2 is 1.74 bits per heavy atom. The molecule has 31 heavy (non-hydrogen) atoms. The topological polar surface area (TPSA) is 27.7 Å². The van der Waals surface area contributed by atoms with Gasteiger partial charge >= 0.3 is 6.36 Å². The van der Waals surface area contributed by atoms with Crippen molar-refractivity contribution in [2.45, 2.75) is 24.8 Å². The van der Waals surface area contributed by atoms with Crippen LogP contribution in [0.15, 0.2) is 65.1 Å². The summed E-state index contributed by atoms with van der Waals surface area (Å²) in [6.45, 7) is 0. The largest absolute Gasteiger partial charge is 0.573 e. The number of halogens is 4. The van der Waals surface area contributed by atoms with E-state index in [1.54, 1.807) is 19.2 Å². The van der Waals surface area contributed by atoms with Gasteiger partial charge in [-0.1, -0.05) is 36.4 Å². The zero-order chi connectivity index (χ0) is 21.8. The summed E-state index contributed by atoms with van der Waals surface area (Å²) in [7, 11) is 1.60. The van der Waals surface area contributed by atoms with Crippen molar-refractivity contribution in [1.29, 1.82) is 0 Å². The first-order valence-electron chi connectivity index (χ1n) is 9.81. The molecule has 1 aliphatic carbocycles. The van der Waals surface area contributed by atoms with Gasteiger partial charge in [0, 0.05) is 23.5 Å². The number of rotatable bonds is 3. The van der Waals surface area contributed by atoms with E-state index in [-0.39, 0.29) is 23.7 Å². The second-order valence-corrected chi connectivity index (χ2v) is 8.58. The molecule has 0 fully saturated rings. The van der Waals surface area contributed by atoms with Crippen molar-refractivity contribution in [2.75, 3.05) is 7.11 Å². The number of methoxy groups -OCH3 is 1. The second kappa shape index (κ2) is 7.48. The van der Waals surface area contributed by atoms with E-state index in [0.29, 0.717) is 5.75 Å². The fourth-order valence-electron chi connectivity index (χ4n) is 4.76. The smallest absolute Gasteiger partial charge is 0.495 e. The third kappa shape index (κ3) is 3.65. The standard InChI is InChI=1S/C24H18BrF3O3/c1-29-21-12-20-17(11-19(21)25)22(13-6-8-15(9-7-13)31-24(26,27)28)18-10-14-4-2-3-5-16(14)23(18)30-20/h2-9,11-12,18,22-23H,10H2,1H3/t18-,22-,23-/m0/s1. The van der Waals surface area contributed by atoms with Crippen LogP contribution in [0.2, 0.25) is 0 Å². The predicted molar refractivity (Wildman–Crippen MR) is 113 cm³/mol. The third-order valence-electron chi connectivity index (χ3n) is 5.98. The minimum atomic E-state index is -4.72. The summed E-state index contributed by atoms with van der Waals surface area (Å²) in [4.78, 5) is 0. The summed E-state index contributed by atoms with van der Waals surface area (Å²) in [5.74, 6) is 1.23. The van der Waals surface area contributed by atoms with E-state index in [9.17, 15) is 13.2 Å². The fourth-order valence-corrected chi connectivity index (χ4v) is 5.28. The molecule has 3 aromatic carbocycles. The molecule has 0 N–H and O–H groups in total. The maximum absolute atomic E-state index is 12.6. The van der Waals surface area contributed by atoms with Crippen LogP contribution in [0.3, 0.4) is 0 Å². The molecule has 0 spiro atoms. The van der Waals surface area contributed by atoms with Crippen LogP contribution in [-0.2, 0) is 6.42 Å². The van der Waals surface area contributed by atoms with Crippen LogP contribution in [0.1, 0.15) is 34.3 Å². The highest BCUT2D eigenvalue weighted by Crippen LogP contribution is 2.55. The molecule has 3 atom stereocenters. The first-order valence-corrected chi connectivity index (χ1v) is 10.6. The minimum Gasteiger partial charge on any atom is -0.495 e. The van der Waals surface area contributed by atoms with Gasteiger partial charge in [0.15, 0.2) is 0 Å². The van der Waals surface area contributed by atoms with E-state index < -0.39 is 6.36 Å². The van der Waals surface area contributed by atoms with E-state index >= 15 is 0 Å².